The van der Waals surface area contributed by atoms with Gasteiger partial charge in [-0.3, -0.25) is 14.5 Å². The number of amides is 1. The van der Waals surface area contributed by atoms with Gasteiger partial charge in [-0.25, -0.2) is 9.67 Å². The second-order valence-electron chi connectivity index (χ2n) is 6.24. The highest BCUT2D eigenvalue weighted by Gasteiger charge is 2.20. The molecule has 8 heteroatoms. The summed E-state index contributed by atoms with van der Waals surface area (Å²) >= 11 is 1.52. The lowest BCUT2D eigenvalue weighted by Crippen LogP contribution is -2.34. The van der Waals surface area contributed by atoms with E-state index in [0.29, 0.717) is 13.0 Å². The molecule has 1 aliphatic rings. The van der Waals surface area contributed by atoms with E-state index in [4.69, 9.17) is 0 Å². The molecule has 0 unspecified atom stereocenters. The van der Waals surface area contributed by atoms with Crippen LogP contribution in [0.5, 0.6) is 0 Å². The minimum Gasteiger partial charge on any atom is -0.348 e. The van der Waals surface area contributed by atoms with Crippen molar-refractivity contribution in [1.29, 1.82) is 0 Å². The van der Waals surface area contributed by atoms with Gasteiger partial charge in [0.15, 0.2) is 0 Å². The van der Waals surface area contributed by atoms with Crippen LogP contribution in [0.4, 0.5) is 0 Å². The van der Waals surface area contributed by atoms with Gasteiger partial charge in [-0.15, -0.1) is 11.3 Å². The lowest BCUT2D eigenvalue weighted by molar-refractivity contribution is -0.127. The fourth-order valence-corrected chi connectivity index (χ4v) is 3.48. The van der Waals surface area contributed by atoms with Crippen molar-refractivity contribution in [3.8, 4) is 0 Å². The van der Waals surface area contributed by atoms with E-state index < -0.39 is 0 Å². The first-order valence-electron chi connectivity index (χ1n) is 7.84. The maximum absolute atomic E-state index is 11.8. The Balaban J connectivity index is 1.65. The zero-order valence-electron chi connectivity index (χ0n) is 14.2. The van der Waals surface area contributed by atoms with Gasteiger partial charge in [-0.2, -0.15) is 5.10 Å². The number of aryl methyl sites for hydroxylation is 1. The summed E-state index contributed by atoms with van der Waals surface area (Å²) in [7, 11) is 5.18. The number of hydrogen-bond donors (Lipinski definition) is 0. The Bertz CT molecular complexity index is 811. The summed E-state index contributed by atoms with van der Waals surface area (Å²) in [6.45, 7) is 2.32. The van der Waals surface area contributed by atoms with E-state index in [0.717, 1.165) is 41.5 Å². The van der Waals surface area contributed by atoms with Gasteiger partial charge in [-0.1, -0.05) is 0 Å². The molecule has 1 aliphatic heterocycles. The molecule has 0 atom stereocenters. The average molecular weight is 347 g/mol. The molecule has 0 N–H and O–H groups in total. The number of carbonyl (C=O) groups is 1. The summed E-state index contributed by atoms with van der Waals surface area (Å²) in [5.74, 6) is 0.0599. The molecule has 0 bridgehead atoms. The first kappa shape index (κ1) is 16.8. The molecule has 1 amide bonds. The van der Waals surface area contributed by atoms with Crippen LogP contribution >= 0.6 is 11.3 Å². The summed E-state index contributed by atoms with van der Waals surface area (Å²) in [5, 5.41) is 7.18. The highest BCUT2D eigenvalue weighted by molar-refractivity contribution is 7.09. The van der Waals surface area contributed by atoms with Crippen molar-refractivity contribution in [3.05, 3.63) is 43.8 Å². The Morgan fingerprint density at radius 2 is 2.21 bits per heavy atom. The minimum absolute atomic E-state index is 0.0599. The number of thiazole rings is 1. The van der Waals surface area contributed by atoms with Crippen LogP contribution in [0.25, 0.3) is 0 Å². The monoisotopic (exact) mass is 347 g/mol. The Hall–Kier alpha value is -2.06. The van der Waals surface area contributed by atoms with Crippen molar-refractivity contribution < 1.29 is 4.79 Å². The van der Waals surface area contributed by atoms with E-state index in [1.807, 2.05) is 5.38 Å². The van der Waals surface area contributed by atoms with Crippen LogP contribution in [-0.2, 0) is 37.8 Å². The number of fused-ring (bicyclic) bond motifs is 1. The molecule has 3 rings (SSSR count). The average Bonchev–Trinajstić information content (AvgIpc) is 2.95. The molecule has 0 saturated heterocycles. The normalized spacial score (nSPS) is 14.5. The Morgan fingerprint density at radius 1 is 1.42 bits per heavy atom. The van der Waals surface area contributed by atoms with Crippen LogP contribution in [0.15, 0.2) is 16.2 Å². The maximum atomic E-state index is 11.8. The van der Waals surface area contributed by atoms with E-state index in [9.17, 15) is 9.59 Å². The summed E-state index contributed by atoms with van der Waals surface area (Å²) in [6, 6.07) is 1.68. The Kier molecular flexibility index (Phi) is 4.77. The van der Waals surface area contributed by atoms with Crippen LogP contribution in [0.1, 0.15) is 22.0 Å². The molecular weight excluding hydrogens is 326 g/mol. The van der Waals surface area contributed by atoms with E-state index in [2.05, 4.69) is 15.0 Å². The summed E-state index contributed by atoms with van der Waals surface area (Å²) in [6.07, 6.45) is 1.18. The molecule has 2 aromatic rings. The molecule has 2 aromatic heterocycles. The third kappa shape index (κ3) is 3.70. The third-order valence-electron chi connectivity index (χ3n) is 4.10. The molecule has 0 saturated carbocycles. The molecule has 24 heavy (non-hydrogen) atoms. The SMILES string of the molecule is CN(C)C(=O)Cc1nc(CN2CCc3nn(C)c(=O)cc3C2)cs1. The lowest BCUT2D eigenvalue weighted by atomic mass is 10.1. The first-order valence-corrected chi connectivity index (χ1v) is 8.72. The summed E-state index contributed by atoms with van der Waals surface area (Å²) in [5.41, 5.74) is 2.90. The number of hydrogen-bond acceptors (Lipinski definition) is 6. The number of nitrogens with zero attached hydrogens (tertiary/aromatic N) is 5. The van der Waals surface area contributed by atoms with Crippen LogP contribution in [0, 0.1) is 0 Å². The van der Waals surface area contributed by atoms with Gasteiger partial charge in [0.2, 0.25) is 5.91 Å². The number of rotatable bonds is 4. The molecule has 128 valence electrons. The van der Waals surface area contributed by atoms with Crippen molar-refractivity contribution in [2.45, 2.75) is 25.9 Å². The minimum atomic E-state index is -0.0752. The quantitative estimate of drug-likeness (QED) is 0.802. The smallest absolute Gasteiger partial charge is 0.266 e. The molecule has 0 fully saturated rings. The largest absolute Gasteiger partial charge is 0.348 e. The van der Waals surface area contributed by atoms with Gasteiger partial charge >= 0.3 is 0 Å². The number of carbonyl (C=O) groups excluding carboxylic acids is 1. The van der Waals surface area contributed by atoms with Crippen LogP contribution in [0.3, 0.4) is 0 Å². The highest BCUT2D eigenvalue weighted by atomic mass is 32.1. The van der Waals surface area contributed by atoms with Crippen molar-refractivity contribution >= 4 is 17.2 Å². The standard InChI is InChI=1S/C16H21N5O2S/c1-19(2)15(22)7-14-17-12(10-24-14)9-21-5-4-13-11(8-21)6-16(23)20(3)18-13/h6,10H,4-5,7-9H2,1-3H3. The summed E-state index contributed by atoms with van der Waals surface area (Å²) < 4.78 is 1.39. The molecule has 0 aliphatic carbocycles. The van der Waals surface area contributed by atoms with E-state index >= 15 is 0 Å². The van der Waals surface area contributed by atoms with Gasteiger partial charge in [0.1, 0.15) is 5.01 Å². The van der Waals surface area contributed by atoms with Crippen LogP contribution < -0.4 is 5.56 Å². The second-order valence-corrected chi connectivity index (χ2v) is 7.18. The molecular formula is C16H21N5O2S. The Labute approximate surface area is 144 Å². The van der Waals surface area contributed by atoms with Gasteiger partial charge in [-0.05, 0) is 5.56 Å². The number of likely N-dealkylation sites (N-methyl/N-ethyl adjacent to an activating group) is 1. The topological polar surface area (TPSA) is 71.3 Å². The van der Waals surface area contributed by atoms with Crippen molar-refractivity contribution in [1.82, 2.24) is 24.6 Å². The van der Waals surface area contributed by atoms with Gasteiger partial charge in [0, 0.05) is 58.6 Å². The zero-order valence-corrected chi connectivity index (χ0v) is 15.0. The van der Waals surface area contributed by atoms with E-state index in [-0.39, 0.29) is 11.5 Å². The predicted octanol–water partition coefficient (Wildman–Crippen LogP) is 0.426. The fraction of sp³-hybridized carbons (Fsp3) is 0.500. The maximum Gasteiger partial charge on any atom is 0.266 e. The highest BCUT2D eigenvalue weighted by Crippen LogP contribution is 2.19. The van der Waals surface area contributed by atoms with Crippen molar-refractivity contribution in [2.75, 3.05) is 20.6 Å². The van der Waals surface area contributed by atoms with Crippen molar-refractivity contribution in [2.24, 2.45) is 7.05 Å². The zero-order chi connectivity index (χ0) is 17.3. The Morgan fingerprint density at radius 3 is 2.96 bits per heavy atom. The molecule has 0 radical (unpaired) electrons. The molecule has 0 spiro atoms. The van der Waals surface area contributed by atoms with Crippen molar-refractivity contribution in [3.63, 3.8) is 0 Å². The van der Waals surface area contributed by atoms with E-state index in [1.54, 1.807) is 32.1 Å². The van der Waals surface area contributed by atoms with E-state index in [1.165, 1.54) is 16.0 Å². The van der Waals surface area contributed by atoms with Gasteiger partial charge < -0.3 is 4.90 Å². The molecule has 7 nitrogen and oxygen atoms in total. The predicted molar refractivity (Wildman–Crippen MR) is 91.8 cm³/mol. The third-order valence-corrected chi connectivity index (χ3v) is 5.00. The first-order chi connectivity index (χ1) is 11.4. The van der Waals surface area contributed by atoms with Crippen LogP contribution in [-0.4, -0.2) is 51.1 Å². The molecule has 0 aromatic carbocycles. The van der Waals surface area contributed by atoms with Crippen LogP contribution in [0.2, 0.25) is 0 Å². The summed E-state index contributed by atoms with van der Waals surface area (Å²) in [4.78, 5) is 31.9. The fourth-order valence-electron chi connectivity index (χ4n) is 2.71. The van der Waals surface area contributed by atoms with Gasteiger partial charge in [0.25, 0.3) is 5.56 Å². The lowest BCUT2D eigenvalue weighted by Gasteiger charge is -2.27. The molecule has 3 heterocycles. The second kappa shape index (κ2) is 6.82. The van der Waals surface area contributed by atoms with Gasteiger partial charge in [0.05, 0.1) is 17.8 Å². The number of aromatic nitrogens is 3.